The zero-order valence-electron chi connectivity index (χ0n) is 8.97. The molecule has 1 heterocycles. The van der Waals surface area contributed by atoms with Crippen LogP contribution in [0.4, 0.5) is 0 Å². The average Bonchev–Trinajstić information content (AvgIpc) is 2.28. The second-order valence-electron chi connectivity index (χ2n) is 3.35. The van der Waals surface area contributed by atoms with Gasteiger partial charge < -0.3 is 16.3 Å². The van der Waals surface area contributed by atoms with Gasteiger partial charge in [-0.05, 0) is 18.6 Å². The number of nitrogens with one attached hydrogen (secondary N) is 1. The van der Waals surface area contributed by atoms with Crippen molar-refractivity contribution in [1.29, 1.82) is 0 Å². The van der Waals surface area contributed by atoms with E-state index in [1.165, 1.54) is 6.20 Å². The molecule has 0 saturated carbocycles. The van der Waals surface area contributed by atoms with Crippen LogP contribution in [0.2, 0.25) is 0 Å². The SMILES string of the molecule is Cc1cncc(C(=O)NCCC(N)=NO)c1. The number of carbonyl (C=O) groups is 1. The molecule has 1 aromatic heterocycles. The summed E-state index contributed by atoms with van der Waals surface area (Å²) in [6.07, 6.45) is 3.47. The van der Waals surface area contributed by atoms with E-state index in [1.807, 2.05) is 6.92 Å². The van der Waals surface area contributed by atoms with E-state index in [2.05, 4.69) is 15.5 Å². The van der Waals surface area contributed by atoms with Crippen LogP contribution in [0.25, 0.3) is 0 Å². The molecule has 0 aliphatic heterocycles. The quantitative estimate of drug-likeness (QED) is 0.294. The topological polar surface area (TPSA) is 101 Å². The standard InChI is InChI=1S/C10H14N4O2/c1-7-4-8(6-12-5-7)10(15)13-3-2-9(11)14-16/h4-6,16H,2-3H2,1H3,(H2,11,14)(H,13,15). The number of pyridine rings is 1. The first kappa shape index (κ1) is 12.0. The van der Waals surface area contributed by atoms with Crippen molar-refractivity contribution in [2.75, 3.05) is 6.54 Å². The van der Waals surface area contributed by atoms with Crippen LogP contribution < -0.4 is 11.1 Å². The van der Waals surface area contributed by atoms with E-state index in [0.29, 0.717) is 18.5 Å². The summed E-state index contributed by atoms with van der Waals surface area (Å²) in [6.45, 7) is 2.18. The number of aromatic nitrogens is 1. The molecule has 16 heavy (non-hydrogen) atoms. The van der Waals surface area contributed by atoms with Gasteiger partial charge in [0.05, 0.1) is 5.56 Å². The lowest BCUT2D eigenvalue weighted by atomic mass is 10.2. The van der Waals surface area contributed by atoms with Crippen molar-refractivity contribution in [3.8, 4) is 0 Å². The second kappa shape index (κ2) is 5.69. The fourth-order valence-corrected chi connectivity index (χ4v) is 1.14. The first-order valence-electron chi connectivity index (χ1n) is 4.79. The number of nitrogens with two attached hydrogens (primary N) is 1. The Hall–Kier alpha value is -2.11. The van der Waals surface area contributed by atoms with Crippen LogP contribution in [-0.2, 0) is 0 Å². The number of amides is 1. The molecular weight excluding hydrogens is 208 g/mol. The number of hydrogen-bond acceptors (Lipinski definition) is 4. The van der Waals surface area contributed by atoms with Crippen molar-refractivity contribution >= 4 is 11.7 Å². The predicted molar refractivity (Wildman–Crippen MR) is 59.3 cm³/mol. The number of nitrogens with zero attached hydrogens (tertiary/aromatic N) is 2. The zero-order valence-corrected chi connectivity index (χ0v) is 8.97. The number of oxime groups is 1. The molecule has 0 aromatic carbocycles. The molecule has 0 aliphatic rings. The first-order valence-corrected chi connectivity index (χ1v) is 4.79. The van der Waals surface area contributed by atoms with Crippen LogP contribution in [0.15, 0.2) is 23.6 Å². The highest BCUT2D eigenvalue weighted by Crippen LogP contribution is 2.00. The Balaban J connectivity index is 2.47. The van der Waals surface area contributed by atoms with Crippen LogP contribution in [0.5, 0.6) is 0 Å². The molecule has 0 saturated heterocycles. The van der Waals surface area contributed by atoms with Crippen LogP contribution in [0.1, 0.15) is 22.3 Å². The number of aryl methyl sites for hydroxylation is 1. The molecule has 0 bridgehead atoms. The van der Waals surface area contributed by atoms with E-state index in [4.69, 9.17) is 10.9 Å². The van der Waals surface area contributed by atoms with Gasteiger partial charge in [-0.2, -0.15) is 0 Å². The minimum absolute atomic E-state index is 0.0858. The fourth-order valence-electron chi connectivity index (χ4n) is 1.14. The molecule has 0 unspecified atom stereocenters. The number of carbonyl (C=O) groups excluding carboxylic acids is 1. The molecule has 0 spiro atoms. The Kier molecular flexibility index (Phi) is 4.26. The van der Waals surface area contributed by atoms with Crippen LogP contribution in [-0.4, -0.2) is 28.5 Å². The van der Waals surface area contributed by atoms with Gasteiger partial charge in [0.2, 0.25) is 0 Å². The highest BCUT2D eigenvalue weighted by molar-refractivity contribution is 5.94. The highest BCUT2D eigenvalue weighted by Gasteiger charge is 2.05. The molecule has 0 atom stereocenters. The Morgan fingerprint density at radius 1 is 1.62 bits per heavy atom. The van der Waals surface area contributed by atoms with Gasteiger partial charge in [0, 0.05) is 25.4 Å². The fraction of sp³-hybridized carbons (Fsp3) is 0.300. The maximum atomic E-state index is 11.6. The van der Waals surface area contributed by atoms with Gasteiger partial charge in [-0.15, -0.1) is 0 Å². The van der Waals surface area contributed by atoms with E-state index in [9.17, 15) is 4.79 Å². The molecule has 0 fully saturated rings. The summed E-state index contributed by atoms with van der Waals surface area (Å²) in [5, 5.41) is 13.7. The summed E-state index contributed by atoms with van der Waals surface area (Å²) in [4.78, 5) is 15.5. The molecular formula is C10H14N4O2. The van der Waals surface area contributed by atoms with Crippen LogP contribution in [0, 0.1) is 6.92 Å². The molecule has 1 rings (SSSR count). The number of hydrogen-bond donors (Lipinski definition) is 3. The minimum Gasteiger partial charge on any atom is -0.409 e. The lowest BCUT2D eigenvalue weighted by Gasteiger charge is -2.04. The summed E-state index contributed by atoms with van der Waals surface area (Å²) in [5.41, 5.74) is 6.68. The molecule has 0 aliphatic carbocycles. The Morgan fingerprint density at radius 2 is 2.38 bits per heavy atom. The summed E-state index contributed by atoms with van der Waals surface area (Å²) < 4.78 is 0. The van der Waals surface area contributed by atoms with Gasteiger partial charge in [0.15, 0.2) is 0 Å². The number of amidine groups is 1. The van der Waals surface area contributed by atoms with E-state index in [-0.39, 0.29) is 11.7 Å². The highest BCUT2D eigenvalue weighted by atomic mass is 16.4. The molecule has 1 amide bonds. The first-order chi connectivity index (χ1) is 7.63. The number of rotatable bonds is 4. The molecule has 86 valence electrons. The van der Waals surface area contributed by atoms with Gasteiger partial charge in [0.25, 0.3) is 5.91 Å². The Morgan fingerprint density at radius 3 is 3.00 bits per heavy atom. The predicted octanol–water partition coefficient (Wildman–Crippen LogP) is 0.256. The lowest BCUT2D eigenvalue weighted by molar-refractivity contribution is 0.0954. The summed E-state index contributed by atoms with van der Waals surface area (Å²) in [7, 11) is 0. The van der Waals surface area contributed by atoms with Crippen molar-refractivity contribution in [2.24, 2.45) is 10.9 Å². The smallest absolute Gasteiger partial charge is 0.252 e. The molecule has 0 radical (unpaired) electrons. The van der Waals surface area contributed by atoms with Gasteiger partial charge in [-0.25, -0.2) is 0 Å². The van der Waals surface area contributed by atoms with Crippen LogP contribution >= 0.6 is 0 Å². The minimum atomic E-state index is -0.220. The third-order valence-electron chi connectivity index (χ3n) is 1.93. The van der Waals surface area contributed by atoms with E-state index in [1.54, 1.807) is 12.3 Å². The maximum Gasteiger partial charge on any atom is 0.252 e. The summed E-state index contributed by atoms with van der Waals surface area (Å²) >= 11 is 0. The summed E-state index contributed by atoms with van der Waals surface area (Å²) in [6, 6.07) is 1.74. The van der Waals surface area contributed by atoms with Gasteiger partial charge >= 0.3 is 0 Å². The third kappa shape index (κ3) is 3.56. The van der Waals surface area contributed by atoms with E-state index >= 15 is 0 Å². The summed E-state index contributed by atoms with van der Waals surface area (Å²) in [5.74, 6) is -0.135. The van der Waals surface area contributed by atoms with Crippen LogP contribution in [0.3, 0.4) is 0 Å². The molecule has 6 heteroatoms. The maximum absolute atomic E-state index is 11.6. The van der Waals surface area contributed by atoms with Gasteiger partial charge in [0.1, 0.15) is 5.84 Å². The van der Waals surface area contributed by atoms with Gasteiger partial charge in [-0.3, -0.25) is 9.78 Å². The largest absolute Gasteiger partial charge is 0.409 e. The zero-order chi connectivity index (χ0) is 12.0. The third-order valence-corrected chi connectivity index (χ3v) is 1.93. The molecule has 1 aromatic rings. The van der Waals surface area contributed by atoms with Crippen molar-refractivity contribution < 1.29 is 10.0 Å². The van der Waals surface area contributed by atoms with Crippen molar-refractivity contribution in [1.82, 2.24) is 10.3 Å². The van der Waals surface area contributed by atoms with E-state index < -0.39 is 0 Å². The van der Waals surface area contributed by atoms with Crippen molar-refractivity contribution in [2.45, 2.75) is 13.3 Å². The lowest BCUT2D eigenvalue weighted by Crippen LogP contribution is -2.28. The van der Waals surface area contributed by atoms with Crippen molar-refractivity contribution in [3.63, 3.8) is 0 Å². The normalized spacial score (nSPS) is 11.2. The average molecular weight is 222 g/mol. The second-order valence-corrected chi connectivity index (χ2v) is 3.35. The Bertz CT molecular complexity index is 404. The molecule has 4 N–H and O–H groups in total. The van der Waals surface area contributed by atoms with Gasteiger partial charge in [-0.1, -0.05) is 5.16 Å². The Labute approximate surface area is 93.2 Å². The monoisotopic (exact) mass is 222 g/mol. The van der Waals surface area contributed by atoms with Crippen molar-refractivity contribution in [3.05, 3.63) is 29.6 Å². The van der Waals surface area contributed by atoms with E-state index in [0.717, 1.165) is 5.56 Å². The molecule has 6 nitrogen and oxygen atoms in total.